The fourth-order valence-electron chi connectivity index (χ4n) is 8.89. The van der Waals surface area contributed by atoms with E-state index >= 15 is 0 Å². The number of methoxy groups -OCH3 is 1. The number of carboxylic acid groups (broad SMARTS) is 1. The van der Waals surface area contributed by atoms with Crippen molar-refractivity contribution in [3.8, 4) is 0 Å². The largest absolute Gasteiger partial charge is 0.547 e. The van der Waals surface area contributed by atoms with Crippen molar-refractivity contribution >= 4 is 12.2 Å². The Balaban J connectivity index is 1.20. The molecule has 3 aliphatic carbocycles. The van der Waals surface area contributed by atoms with Gasteiger partial charge in [-0.15, -0.1) is 0 Å². The monoisotopic (exact) mass is 683 g/mol. The number of carbonyl (C=O) groups excluding carboxylic acids is 1. The van der Waals surface area contributed by atoms with E-state index in [0.717, 1.165) is 38.5 Å². The first-order chi connectivity index (χ1) is 23.0. The number of aliphatic hydroxyl groups excluding tert-OH is 5. The lowest BCUT2D eigenvalue weighted by Gasteiger charge is -2.51. The van der Waals surface area contributed by atoms with E-state index < -0.39 is 85.1 Å². The molecule has 0 amide bonds. The van der Waals surface area contributed by atoms with E-state index in [1.807, 2.05) is 0 Å². The predicted octanol–water partition coefficient (Wildman–Crippen LogP) is -1.65. The highest BCUT2D eigenvalue weighted by Gasteiger charge is 2.61. The lowest BCUT2D eigenvalue weighted by atomic mass is 9.71. The van der Waals surface area contributed by atoms with Crippen LogP contribution in [0.25, 0.3) is 5.32 Å². The van der Waals surface area contributed by atoms with Crippen LogP contribution in [-0.2, 0) is 23.7 Å². The van der Waals surface area contributed by atoms with Crippen LogP contribution in [0.1, 0.15) is 70.6 Å². The predicted molar refractivity (Wildman–Crippen MR) is 165 cm³/mol. The van der Waals surface area contributed by atoms with E-state index in [0.29, 0.717) is 19.3 Å². The van der Waals surface area contributed by atoms with E-state index in [1.165, 1.54) is 12.9 Å². The first kappa shape index (κ1) is 36.2. The summed E-state index contributed by atoms with van der Waals surface area (Å²) >= 11 is 0. The zero-order chi connectivity index (χ0) is 34.2. The minimum atomic E-state index is -2.52. The second-order valence-electron chi connectivity index (χ2n) is 14.6. The van der Waals surface area contributed by atoms with Crippen LogP contribution in [0.3, 0.4) is 0 Å². The van der Waals surface area contributed by atoms with Gasteiger partial charge in [-0.2, -0.15) is 0 Å². The van der Waals surface area contributed by atoms with Crippen LogP contribution in [0.15, 0.2) is 4.99 Å². The van der Waals surface area contributed by atoms with Crippen molar-refractivity contribution < 1.29 is 64.2 Å². The Hall–Kier alpha value is -1.60. The molecule has 270 valence electrons. The number of hydrogen-bond acceptors (Lipinski definition) is 13. The molecule has 15 nitrogen and oxygen atoms in total. The number of fused-ring (bicyclic) bond motifs is 1. The van der Waals surface area contributed by atoms with Crippen molar-refractivity contribution in [1.29, 1.82) is 0 Å². The average Bonchev–Trinajstić information content (AvgIpc) is 3.57. The number of aliphatic hydroxyl groups is 8. The summed E-state index contributed by atoms with van der Waals surface area (Å²) in [6, 6.07) is 0.170. The third kappa shape index (κ3) is 7.53. The second kappa shape index (κ2) is 15.3. The molecule has 6 aliphatic rings. The molecule has 6 rings (SSSR count). The van der Waals surface area contributed by atoms with Gasteiger partial charge in [0.25, 0.3) is 0 Å². The normalized spacial score (nSPS) is 48.1. The number of aliphatic carboxylic acids is 1. The summed E-state index contributed by atoms with van der Waals surface area (Å²) in [5.74, 6) is -2.20. The lowest BCUT2D eigenvalue weighted by Crippen LogP contribution is -2.71. The molecule has 0 spiro atoms. The quantitative estimate of drug-likeness (QED) is 0.112. The number of hydrogen-bond donors (Lipinski definition) is 6. The summed E-state index contributed by atoms with van der Waals surface area (Å²) in [6.45, 7) is 1.40. The second-order valence-corrected chi connectivity index (χ2v) is 14.6. The molecule has 3 saturated carbocycles. The van der Waals surface area contributed by atoms with Gasteiger partial charge in [0.05, 0.1) is 55.7 Å². The van der Waals surface area contributed by atoms with E-state index in [2.05, 4.69) is 10.3 Å². The van der Waals surface area contributed by atoms with Gasteiger partial charge in [0.1, 0.15) is 30.8 Å². The maximum atomic E-state index is 12.2. The number of carbonyl (C=O) groups is 1. The highest BCUT2D eigenvalue weighted by atomic mass is 16.7. The summed E-state index contributed by atoms with van der Waals surface area (Å²) in [6.07, 6.45) is -4.95. The molecule has 0 radical (unpaired) electrons. The Morgan fingerprint density at radius 1 is 1.08 bits per heavy atom. The number of aliphatic imine (C=N–C) groups is 1. The molecule has 5 fully saturated rings. The first-order valence-electron chi connectivity index (χ1n) is 17.4. The Kier molecular flexibility index (Phi) is 11.6. The third-order valence-corrected chi connectivity index (χ3v) is 11.5. The van der Waals surface area contributed by atoms with E-state index in [4.69, 9.17) is 23.7 Å². The van der Waals surface area contributed by atoms with Crippen LogP contribution in [-0.4, -0.2) is 140 Å². The van der Waals surface area contributed by atoms with Crippen molar-refractivity contribution in [3.05, 3.63) is 18.0 Å². The summed E-state index contributed by atoms with van der Waals surface area (Å²) in [4.78, 5) is 16.0. The summed E-state index contributed by atoms with van der Waals surface area (Å²) in [5.41, 5.74) is -2.52. The van der Waals surface area contributed by atoms with E-state index in [9.17, 15) is 40.5 Å². The summed E-state index contributed by atoms with van der Waals surface area (Å²) in [5, 5.41) is 83.1. The fraction of sp³-hybridized carbons (Fsp3) is 0.879. The lowest BCUT2D eigenvalue weighted by molar-refractivity contribution is -0.379. The Bertz CT molecular complexity index is 1110. The van der Waals surface area contributed by atoms with Crippen LogP contribution in [0.2, 0.25) is 0 Å². The zero-order valence-corrected chi connectivity index (χ0v) is 27.3. The Morgan fingerprint density at radius 2 is 1.85 bits per heavy atom. The van der Waals surface area contributed by atoms with Gasteiger partial charge >= 0.3 is 6.21 Å². The smallest absolute Gasteiger partial charge is 0.301 e. The fourth-order valence-corrected chi connectivity index (χ4v) is 8.89. The van der Waals surface area contributed by atoms with Crippen LogP contribution in [0.5, 0.6) is 0 Å². The van der Waals surface area contributed by atoms with Crippen molar-refractivity contribution in [2.24, 2.45) is 22.7 Å². The van der Waals surface area contributed by atoms with Gasteiger partial charge in [0.2, 0.25) is 0 Å². The van der Waals surface area contributed by atoms with E-state index in [1.54, 1.807) is 7.11 Å². The van der Waals surface area contributed by atoms with Crippen molar-refractivity contribution in [3.63, 3.8) is 0 Å². The molecule has 0 aromatic heterocycles. The SMILES string of the molecule is COC1CCC(C2CC(O)C3C(CC(OC4OC(C(=O)[O-])C(O)(C[C+]5C=N[CH+][N-]5)C(O)C4O)C(OCC4CCCC(O)C4)C3O)[OH+]2)CC1. The molecule has 14 atom stereocenters. The van der Waals surface area contributed by atoms with Crippen molar-refractivity contribution in [2.75, 3.05) is 13.7 Å². The van der Waals surface area contributed by atoms with E-state index in [-0.39, 0.29) is 43.1 Å². The number of carboxylic acids is 1. The Labute approximate surface area is 280 Å². The topological polar surface area (TPSA) is 238 Å². The third-order valence-electron chi connectivity index (χ3n) is 11.5. The molecule has 0 aromatic rings. The molecule has 0 aromatic carbocycles. The van der Waals surface area contributed by atoms with Crippen LogP contribution in [0.4, 0.5) is 0 Å². The van der Waals surface area contributed by atoms with Gasteiger partial charge < -0.3 is 64.2 Å². The van der Waals surface area contributed by atoms with Gasteiger partial charge in [-0.1, -0.05) is 11.4 Å². The van der Waals surface area contributed by atoms with Gasteiger partial charge in [-0.25, -0.2) is 0 Å². The van der Waals surface area contributed by atoms with Crippen LogP contribution < -0.4 is 5.11 Å². The molecule has 48 heavy (non-hydrogen) atoms. The van der Waals surface area contributed by atoms with Crippen LogP contribution >= 0.6 is 0 Å². The first-order valence-corrected chi connectivity index (χ1v) is 17.4. The average molecular weight is 684 g/mol. The molecule has 3 heterocycles. The summed E-state index contributed by atoms with van der Waals surface area (Å²) < 4.78 is 28.8. The number of nitrogens with zero attached hydrogens (tertiary/aromatic N) is 2. The minimum Gasteiger partial charge on any atom is -0.547 e. The molecule has 0 bridgehead atoms. The standard InChI is InChI=1S/C33H50N2O13/c1-44-20-7-5-17(6-8-20)22-10-21(37)25-23(46-22)11-24(28(26(25)38)45-14-16-3-2-4-19(36)9-16)47-32-27(39)29(40)33(43,30(48-32)31(41)42)12-18-13-34-15-35-18/h13,15-17,19-30,32,36-40,43H,2-12,14H2,1H3/p+1. The van der Waals surface area contributed by atoms with Crippen LogP contribution in [0, 0.1) is 30.5 Å². The molecular formula is C33H51N2O13+. The van der Waals surface area contributed by atoms with Gasteiger partial charge in [0, 0.05) is 25.9 Å². The molecule has 15 heteroatoms. The maximum absolute atomic E-state index is 12.2. The Morgan fingerprint density at radius 3 is 2.52 bits per heavy atom. The van der Waals surface area contributed by atoms with Crippen molar-refractivity contribution in [2.45, 2.75) is 150 Å². The molecule has 3 aliphatic heterocycles. The van der Waals surface area contributed by atoms with Gasteiger partial charge in [-0.3, -0.25) is 5.32 Å². The minimum absolute atomic E-state index is 0.0296. The molecule has 14 unspecified atom stereocenters. The maximum Gasteiger partial charge on any atom is 0.301 e. The molecule has 7 N–H and O–H groups in total. The highest BCUT2D eigenvalue weighted by Crippen LogP contribution is 2.44. The zero-order valence-electron chi connectivity index (χ0n) is 27.3. The number of ether oxygens (including phenoxy) is 5. The number of rotatable bonds is 10. The summed E-state index contributed by atoms with van der Waals surface area (Å²) in [7, 11) is 1.71. The van der Waals surface area contributed by atoms with Gasteiger partial charge in [0.15, 0.2) is 30.1 Å². The highest BCUT2D eigenvalue weighted by molar-refractivity contribution is 5.82. The van der Waals surface area contributed by atoms with Crippen molar-refractivity contribution in [1.82, 2.24) is 0 Å². The van der Waals surface area contributed by atoms with Gasteiger partial charge in [-0.05, 0) is 50.9 Å². The molecule has 2 saturated heterocycles. The molecular weight excluding hydrogens is 632 g/mol.